The molecule has 4 N–H and O–H groups in total. The SMILES string of the molecule is C=CC.CC(C)=CCCCc1c(O)cc(O)c2c1OCCC2=O.Oc1cccc(O)c1. The van der Waals surface area contributed by atoms with Crippen LogP contribution in [0.2, 0.25) is 0 Å². The first-order valence-electron chi connectivity index (χ1n) is 10.1. The highest BCUT2D eigenvalue weighted by atomic mass is 16.5. The molecule has 6 heteroatoms. The summed E-state index contributed by atoms with van der Waals surface area (Å²) >= 11 is 0. The maximum absolute atomic E-state index is 11.9. The molecule has 0 saturated heterocycles. The van der Waals surface area contributed by atoms with E-state index in [-0.39, 0.29) is 40.8 Å². The van der Waals surface area contributed by atoms with Gasteiger partial charge in [0, 0.05) is 24.1 Å². The maximum atomic E-state index is 11.9. The largest absolute Gasteiger partial charge is 0.508 e. The predicted octanol–water partition coefficient (Wildman–Crippen LogP) is 5.64. The molecule has 6 nitrogen and oxygen atoms in total. The van der Waals surface area contributed by atoms with Crippen LogP contribution in [-0.2, 0) is 6.42 Å². The quantitative estimate of drug-likeness (QED) is 0.371. The molecule has 0 fully saturated rings. The van der Waals surface area contributed by atoms with Crippen LogP contribution in [0.5, 0.6) is 28.7 Å². The minimum absolute atomic E-state index is 0.00634. The summed E-state index contributed by atoms with van der Waals surface area (Å²) in [5, 5.41) is 37.1. The number of hydrogen-bond acceptors (Lipinski definition) is 6. The molecule has 0 bridgehead atoms. The number of rotatable bonds is 4. The molecule has 31 heavy (non-hydrogen) atoms. The molecule has 1 aliphatic rings. The molecular formula is C25H32O6. The van der Waals surface area contributed by atoms with Gasteiger partial charge in [-0.05, 0) is 52.2 Å². The summed E-state index contributed by atoms with van der Waals surface area (Å²) in [4.78, 5) is 11.9. The molecule has 168 valence electrons. The van der Waals surface area contributed by atoms with E-state index in [0.717, 1.165) is 12.8 Å². The van der Waals surface area contributed by atoms with Gasteiger partial charge in [0.05, 0.1) is 6.61 Å². The van der Waals surface area contributed by atoms with Crippen molar-refractivity contribution in [2.45, 2.75) is 46.5 Å². The van der Waals surface area contributed by atoms with E-state index in [4.69, 9.17) is 14.9 Å². The van der Waals surface area contributed by atoms with Gasteiger partial charge in [0.2, 0.25) is 0 Å². The zero-order chi connectivity index (χ0) is 23.4. The number of allylic oxidation sites excluding steroid dienone is 3. The van der Waals surface area contributed by atoms with Gasteiger partial charge >= 0.3 is 0 Å². The van der Waals surface area contributed by atoms with E-state index in [1.807, 2.05) is 20.8 Å². The average molecular weight is 429 g/mol. The van der Waals surface area contributed by atoms with Crippen LogP contribution in [0, 0.1) is 0 Å². The van der Waals surface area contributed by atoms with Gasteiger partial charge in [-0.1, -0.05) is 23.8 Å². The first-order valence-corrected chi connectivity index (χ1v) is 10.1. The van der Waals surface area contributed by atoms with Crippen molar-refractivity contribution in [1.29, 1.82) is 0 Å². The Bertz CT molecular complexity index is 893. The average Bonchev–Trinajstić information content (AvgIpc) is 2.67. The lowest BCUT2D eigenvalue weighted by Crippen LogP contribution is -2.17. The van der Waals surface area contributed by atoms with E-state index in [1.54, 1.807) is 12.1 Å². The van der Waals surface area contributed by atoms with Crippen molar-refractivity contribution in [3.8, 4) is 28.7 Å². The number of hydrogen-bond donors (Lipinski definition) is 4. The van der Waals surface area contributed by atoms with Gasteiger partial charge in [-0.25, -0.2) is 0 Å². The highest BCUT2D eigenvalue weighted by Crippen LogP contribution is 2.41. The molecular weight excluding hydrogens is 396 g/mol. The van der Waals surface area contributed by atoms with Gasteiger partial charge in [0.1, 0.15) is 34.3 Å². The van der Waals surface area contributed by atoms with Crippen molar-refractivity contribution in [2.75, 3.05) is 6.61 Å². The fourth-order valence-electron chi connectivity index (χ4n) is 2.88. The molecule has 1 heterocycles. The van der Waals surface area contributed by atoms with Gasteiger partial charge in [-0.3, -0.25) is 4.79 Å². The Kier molecular flexibility index (Phi) is 10.8. The number of phenolic OH excluding ortho intramolecular Hbond substituents is 4. The summed E-state index contributed by atoms with van der Waals surface area (Å²) in [5.74, 6) is 0.198. The Hall–Kier alpha value is -3.41. The van der Waals surface area contributed by atoms with Gasteiger partial charge in [-0.2, -0.15) is 0 Å². The second-order valence-electron chi connectivity index (χ2n) is 7.22. The Morgan fingerprint density at radius 3 is 2.23 bits per heavy atom. The van der Waals surface area contributed by atoms with Crippen molar-refractivity contribution in [2.24, 2.45) is 0 Å². The molecule has 3 rings (SSSR count). The van der Waals surface area contributed by atoms with Gasteiger partial charge in [0.15, 0.2) is 5.78 Å². The van der Waals surface area contributed by atoms with E-state index in [2.05, 4.69) is 12.7 Å². The minimum atomic E-state index is -0.199. The monoisotopic (exact) mass is 428 g/mol. The summed E-state index contributed by atoms with van der Waals surface area (Å²) in [6, 6.07) is 7.09. The van der Waals surface area contributed by atoms with Gasteiger partial charge in [-0.15, -0.1) is 6.58 Å². The molecule has 2 aromatic carbocycles. The number of ether oxygens (including phenoxy) is 1. The normalized spacial score (nSPS) is 11.5. The number of carbonyl (C=O) groups is 1. The molecule has 0 saturated carbocycles. The summed E-state index contributed by atoms with van der Waals surface area (Å²) in [7, 11) is 0. The highest BCUT2D eigenvalue weighted by molar-refractivity contribution is 6.03. The molecule has 0 unspecified atom stereocenters. The van der Waals surface area contributed by atoms with Crippen LogP contribution in [0.3, 0.4) is 0 Å². The molecule has 0 radical (unpaired) electrons. The smallest absolute Gasteiger partial charge is 0.173 e. The van der Waals surface area contributed by atoms with Gasteiger partial charge < -0.3 is 25.2 Å². The molecule has 1 aliphatic heterocycles. The Morgan fingerprint density at radius 1 is 1.10 bits per heavy atom. The number of benzene rings is 2. The molecule has 0 aromatic heterocycles. The van der Waals surface area contributed by atoms with Crippen molar-refractivity contribution < 1.29 is 30.0 Å². The Morgan fingerprint density at radius 2 is 1.71 bits per heavy atom. The van der Waals surface area contributed by atoms with Crippen LogP contribution >= 0.6 is 0 Å². The number of carbonyl (C=O) groups excluding carboxylic acids is 1. The van der Waals surface area contributed by atoms with E-state index in [1.165, 1.54) is 29.8 Å². The summed E-state index contributed by atoms with van der Waals surface area (Å²) < 4.78 is 5.51. The zero-order valence-corrected chi connectivity index (χ0v) is 18.4. The van der Waals surface area contributed by atoms with Crippen LogP contribution in [0.25, 0.3) is 0 Å². The van der Waals surface area contributed by atoms with E-state index < -0.39 is 0 Å². The Balaban J connectivity index is 0.000000361. The highest BCUT2D eigenvalue weighted by Gasteiger charge is 2.27. The predicted molar refractivity (Wildman–Crippen MR) is 122 cm³/mol. The first-order chi connectivity index (χ1) is 14.7. The van der Waals surface area contributed by atoms with Crippen molar-refractivity contribution in [1.82, 2.24) is 0 Å². The number of unbranched alkanes of at least 4 members (excludes halogenated alkanes) is 1. The molecule has 0 amide bonds. The molecule has 2 aromatic rings. The van der Waals surface area contributed by atoms with Gasteiger partial charge in [0.25, 0.3) is 0 Å². The topological polar surface area (TPSA) is 107 Å². The maximum Gasteiger partial charge on any atom is 0.173 e. The summed E-state index contributed by atoms with van der Waals surface area (Å²) in [6.07, 6.45) is 6.53. The minimum Gasteiger partial charge on any atom is -0.508 e. The third kappa shape index (κ3) is 8.46. The first kappa shape index (κ1) is 25.6. The number of phenols is 4. The second-order valence-corrected chi connectivity index (χ2v) is 7.22. The summed E-state index contributed by atoms with van der Waals surface area (Å²) in [6.45, 7) is 9.64. The molecule has 0 aliphatic carbocycles. The van der Waals surface area contributed by atoms with E-state index in [9.17, 15) is 15.0 Å². The van der Waals surface area contributed by atoms with Crippen LogP contribution < -0.4 is 4.74 Å². The van der Waals surface area contributed by atoms with Crippen LogP contribution in [0.4, 0.5) is 0 Å². The third-order valence-corrected chi connectivity index (χ3v) is 4.21. The standard InChI is InChI=1S/C16H20O4.C6H6O2.C3H6/c1-10(2)5-3-4-6-11-13(18)9-14(19)15-12(17)7-8-20-16(11)15;7-5-2-1-3-6(8)4-5;1-3-2/h5,9,18-19H,3-4,6-8H2,1-2H3;1-4,7-8H;3H,1H2,2H3. The van der Waals surface area contributed by atoms with Crippen molar-refractivity contribution in [3.63, 3.8) is 0 Å². The van der Waals surface area contributed by atoms with Crippen molar-refractivity contribution >= 4 is 5.78 Å². The molecule has 0 atom stereocenters. The van der Waals surface area contributed by atoms with Crippen LogP contribution in [-0.4, -0.2) is 32.8 Å². The van der Waals surface area contributed by atoms with Crippen LogP contribution in [0.15, 0.2) is 54.6 Å². The van der Waals surface area contributed by atoms with E-state index >= 15 is 0 Å². The number of Topliss-reactive ketones (excluding diaryl/α,β-unsaturated/α-hetero) is 1. The fourth-order valence-corrected chi connectivity index (χ4v) is 2.88. The number of aromatic hydroxyl groups is 4. The Labute approximate surface area is 183 Å². The summed E-state index contributed by atoms with van der Waals surface area (Å²) in [5.41, 5.74) is 2.09. The van der Waals surface area contributed by atoms with E-state index in [0.29, 0.717) is 24.3 Å². The van der Waals surface area contributed by atoms with Crippen LogP contribution in [0.1, 0.15) is 56.0 Å². The zero-order valence-electron chi connectivity index (χ0n) is 18.4. The fraction of sp³-hybridized carbons (Fsp3) is 0.320. The number of fused-ring (bicyclic) bond motifs is 1. The number of ketones is 1. The third-order valence-electron chi connectivity index (χ3n) is 4.21. The molecule has 0 spiro atoms. The second kappa shape index (κ2) is 13.0. The lowest BCUT2D eigenvalue weighted by molar-refractivity contribution is 0.0928. The lowest BCUT2D eigenvalue weighted by atomic mass is 9.96. The lowest BCUT2D eigenvalue weighted by Gasteiger charge is -2.21. The van der Waals surface area contributed by atoms with Crippen molar-refractivity contribution in [3.05, 3.63) is 65.8 Å².